The zero-order chi connectivity index (χ0) is 11.2. The van der Waals surface area contributed by atoms with Crippen LogP contribution < -0.4 is 5.32 Å². The average molecular weight is 218 g/mol. The number of hydrogen-bond acceptors (Lipinski definition) is 2. The van der Waals surface area contributed by atoms with Crippen molar-refractivity contribution in [3.63, 3.8) is 0 Å². The number of nitrogens with zero attached hydrogens (tertiary/aromatic N) is 1. The van der Waals surface area contributed by atoms with Gasteiger partial charge in [-0.25, -0.2) is 0 Å². The first-order valence-electron chi connectivity index (χ1n) is 6.32. The van der Waals surface area contributed by atoms with Crippen LogP contribution in [0.25, 0.3) is 0 Å². The van der Waals surface area contributed by atoms with Gasteiger partial charge in [-0.15, -0.1) is 0 Å². The van der Waals surface area contributed by atoms with E-state index < -0.39 is 0 Å². The molecule has 16 heavy (non-hydrogen) atoms. The summed E-state index contributed by atoms with van der Waals surface area (Å²) in [4.78, 5) is 2.58. The molecule has 0 saturated carbocycles. The van der Waals surface area contributed by atoms with Gasteiger partial charge >= 0.3 is 0 Å². The number of rotatable bonds is 4. The van der Waals surface area contributed by atoms with Gasteiger partial charge in [-0.3, -0.25) is 0 Å². The fraction of sp³-hybridized carbons (Fsp3) is 0.571. The molecule has 0 aliphatic carbocycles. The summed E-state index contributed by atoms with van der Waals surface area (Å²) < 4.78 is 0. The molecule has 1 saturated heterocycles. The summed E-state index contributed by atoms with van der Waals surface area (Å²) >= 11 is 0. The molecule has 88 valence electrons. The van der Waals surface area contributed by atoms with Crippen molar-refractivity contribution in [3.8, 4) is 0 Å². The normalized spacial score (nSPS) is 22.2. The Bertz CT molecular complexity index is 297. The number of benzene rings is 1. The minimum Gasteiger partial charge on any atom is -0.316 e. The second kappa shape index (κ2) is 6.02. The first-order valence-corrected chi connectivity index (χ1v) is 6.32. The molecule has 0 amide bonds. The van der Waals surface area contributed by atoms with Crippen LogP contribution in [0.5, 0.6) is 0 Å². The molecule has 1 aromatic rings. The van der Waals surface area contributed by atoms with Crippen LogP contribution in [0, 0.1) is 0 Å². The lowest BCUT2D eigenvalue weighted by Crippen LogP contribution is -2.44. The maximum Gasteiger partial charge on any atom is 0.0192 e. The highest BCUT2D eigenvalue weighted by Crippen LogP contribution is 2.10. The minimum absolute atomic E-state index is 0.699. The Morgan fingerprint density at radius 3 is 2.88 bits per heavy atom. The number of piperidine rings is 1. The van der Waals surface area contributed by atoms with Gasteiger partial charge in [0.2, 0.25) is 0 Å². The van der Waals surface area contributed by atoms with E-state index in [-0.39, 0.29) is 0 Å². The molecule has 1 unspecified atom stereocenters. The van der Waals surface area contributed by atoms with Crippen molar-refractivity contribution >= 4 is 0 Å². The van der Waals surface area contributed by atoms with Gasteiger partial charge in [-0.2, -0.15) is 0 Å². The molecule has 1 aliphatic rings. The van der Waals surface area contributed by atoms with Gasteiger partial charge < -0.3 is 10.2 Å². The monoisotopic (exact) mass is 218 g/mol. The Morgan fingerprint density at radius 2 is 2.12 bits per heavy atom. The molecule has 1 fully saturated rings. The summed E-state index contributed by atoms with van der Waals surface area (Å²) in [6, 6.07) is 11.5. The lowest BCUT2D eigenvalue weighted by molar-refractivity contribution is 0.197. The summed E-state index contributed by atoms with van der Waals surface area (Å²) in [5.74, 6) is 0. The van der Waals surface area contributed by atoms with Gasteiger partial charge in [0.25, 0.3) is 0 Å². The zero-order valence-electron chi connectivity index (χ0n) is 10.2. The van der Waals surface area contributed by atoms with E-state index in [1.165, 1.54) is 44.5 Å². The Hall–Kier alpha value is -0.860. The van der Waals surface area contributed by atoms with Crippen LogP contribution in [0.1, 0.15) is 18.4 Å². The Labute approximate surface area is 98.7 Å². The van der Waals surface area contributed by atoms with Crippen molar-refractivity contribution in [2.24, 2.45) is 0 Å². The topological polar surface area (TPSA) is 15.3 Å². The van der Waals surface area contributed by atoms with E-state index >= 15 is 0 Å². The van der Waals surface area contributed by atoms with Crippen molar-refractivity contribution in [1.82, 2.24) is 10.2 Å². The Kier molecular flexibility index (Phi) is 4.37. The third kappa shape index (κ3) is 3.32. The highest BCUT2D eigenvalue weighted by atomic mass is 15.2. The van der Waals surface area contributed by atoms with E-state index in [0.29, 0.717) is 6.04 Å². The smallest absolute Gasteiger partial charge is 0.0192 e. The van der Waals surface area contributed by atoms with Crippen molar-refractivity contribution in [2.75, 3.05) is 26.7 Å². The number of likely N-dealkylation sites (N-methyl/N-ethyl adjacent to an activating group) is 1. The average Bonchev–Trinajstić information content (AvgIpc) is 2.38. The first kappa shape index (κ1) is 11.6. The van der Waals surface area contributed by atoms with Crippen LogP contribution in [0.3, 0.4) is 0 Å². The highest BCUT2D eigenvalue weighted by Gasteiger charge is 2.17. The summed E-state index contributed by atoms with van der Waals surface area (Å²) in [5.41, 5.74) is 1.45. The number of hydrogen-bond donors (Lipinski definition) is 1. The van der Waals surface area contributed by atoms with E-state index in [1.807, 2.05) is 0 Å². The summed E-state index contributed by atoms with van der Waals surface area (Å²) in [6.07, 6.45) is 3.84. The standard InChI is InChI=1S/C14H22N2/c1-15-14-8-5-10-16(12-14)11-9-13-6-3-2-4-7-13/h2-4,6-7,14-15H,5,8-12H2,1H3. The van der Waals surface area contributed by atoms with Gasteiger partial charge in [0.1, 0.15) is 0 Å². The van der Waals surface area contributed by atoms with Crippen molar-refractivity contribution in [1.29, 1.82) is 0 Å². The second-order valence-electron chi connectivity index (χ2n) is 4.66. The largest absolute Gasteiger partial charge is 0.316 e. The van der Waals surface area contributed by atoms with Crippen molar-refractivity contribution in [2.45, 2.75) is 25.3 Å². The second-order valence-corrected chi connectivity index (χ2v) is 4.66. The third-order valence-electron chi connectivity index (χ3n) is 3.47. The van der Waals surface area contributed by atoms with Gasteiger partial charge in [-0.05, 0) is 38.4 Å². The van der Waals surface area contributed by atoms with E-state index in [2.05, 4.69) is 47.6 Å². The maximum absolute atomic E-state index is 3.39. The zero-order valence-corrected chi connectivity index (χ0v) is 10.2. The van der Waals surface area contributed by atoms with Crippen molar-refractivity contribution < 1.29 is 0 Å². The molecule has 0 radical (unpaired) electrons. The maximum atomic E-state index is 3.39. The fourth-order valence-corrected chi connectivity index (χ4v) is 2.43. The predicted octanol–water partition coefficient (Wildman–Crippen LogP) is 1.91. The van der Waals surface area contributed by atoms with Crippen LogP contribution in [-0.2, 0) is 6.42 Å². The van der Waals surface area contributed by atoms with E-state index in [9.17, 15) is 0 Å². The van der Waals surface area contributed by atoms with Gasteiger partial charge in [0, 0.05) is 19.1 Å². The summed E-state index contributed by atoms with van der Waals surface area (Å²) in [5, 5.41) is 3.39. The lowest BCUT2D eigenvalue weighted by Gasteiger charge is -2.32. The van der Waals surface area contributed by atoms with Crippen LogP contribution in [0.2, 0.25) is 0 Å². The van der Waals surface area contributed by atoms with Crippen LogP contribution in [0.15, 0.2) is 30.3 Å². The van der Waals surface area contributed by atoms with E-state index in [4.69, 9.17) is 0 Å². The van der Waals surface area contributed by atoms with E-state index in [1.54, 1.807) is 0 Å². The van der Waals surface area contributed by atoms with Gasteiger partial charge in [0.15, 0.2) is 0 Å². The molecule has 2 nitrogen and oxygen atoms in total. The molecule has 1 atom stereocenters. The van der Waals surface area contributed by atoms with Gasteiger partial charge in [0.05, 0.1) is 0 Å². The molecule has 1 aromatic carbocycles. The summed E-state index contributed by atoms with van der Waals surface area (Å²) in [6.45, 7) is 3.68. The first-order chi connectivity index (χ1) is 7.88. The van der Waals surface area contributed by atoms with E-state index in [0.717, 1.165) is 0 Å². The third-order valence-corrected chi connectivity index (χ3v) is 3.47. The number of likely N-dealkylation sites (tertiary alicyclic amines) is 1. The fourth-order valence-electron chi connectivity index (χ4n) is 2.43. The number of nitrogens with one attached hydrogen (secondary N) is 1. The van der Waals surface area contributed by atoms with Crippen molar-refractivity contribution in [3.05, 3.63) is 35.9 Å². The molecule has 1 heterocycles. The molecule has 0 aromatic heterocycles. The molecule has 2 rings (SSSR count). The SMILES string of the molecule is CNC1CCCN(CCc2ccccc2)C1. The Balaban J connectivity index is 1.77. The quantitative estimate of drug-likeness (QED) is 0.830. The lowest BCUT2D eigenvalue weighted by atomic mass is 10.0. The molecular weight excluding hydrogens is 196 g/mol. The predicted molar refractivity (Wildman–Crippen MR) is 68.7 cm³/mol. The molecule has 0 bridgehead atoms. The van der Waals surface area contributed by atoms with Crippen LogP contribution >= 0.6 is 0 Å². The minimum atomic E-state index is 0.699. The Morgan fingerprint density at radius 1 is 1.31 bits per heavy atom. The molecule has 0 spiro atoms. The van der Waals surface area contributed by atoms with Crippen LogP contribution in [-0.4, -0.2) is 37.6 Å². The molecule has 2 heteroatoms. The molecule has 1 aliphatic heterocycles. The summed E-state index contributed by atoms with van der Waals surface area (Å²) in [7, 11) is 2.07. The molecule has 1 N–H and O–H groups in total. The highest BCUT2D eigenvalue weighted by molar-refractivity contribution is 5.14. The molecular formula is C14H22N2. The van der Waals surface area contributed by atoms with Gasteiger partial charge in [-0.1, -0.05) is 30.3 Å². The van der Waals surface area contributed by atoms with Crippen LogP contribution in [0.4, 0.5) is 0 Å².